The Morgan fingerprint density at radius 1 is 1.13 bits per heavy atom. The van der Waals surface area contributed by atoms with Crippen molar-refractivity contribution in [1.29, 1.82) is 0 Å². The van der Waals surface area contributed by atoms with Crippen LogP contribution < -0.4 is 0 Å². The van der Waals surface area contributed by atoms with E-state index in [1.165, 1.54) is 11.1 Å². The van der Waals surface area contributed by atoms with Gasteiger partial charge in [0.25, 0.3) is 0 Å². The number of hydrogen-bond acceptors (Lipinski definition) is 1. The average molecular weight is 265 g/mol. The zero-order valence-electron chi connectivity index (χ0n) is 8.40. The third-order valence-electron chi connectivity index (χ3n) is 2.52. The SMILES string of the molecule is BrCC(Cc1ccoc1)c1ccccc1. The number of halogens is 1. The van der Waals surface area contributed by atoms with Gasteiger partial charge in [0, 0.05) is 5.33 Å². The number of benzene rings is 1. The van der Waals surface area contributed by atoms with Crippen molar-refractivity contribution < 1.29 is 4.42 Å². The standard InChI is InChI=1S/C13H13BrO/c14-9-13(8-11-6-7-15-10-11)12-4-2-1-3-5-12/h1-7,10,13H,8-9H2. The van der Waals surface area contributed by atoms with Gasteiger partial charge >= 0.3 is 0 Å². The molecule has 0 saturated carbocycles. The maximum atomic E-state index is 5.08. The molecule has 0 amide bonds. The van der Waals surface area contributed by atoms with Crippen molar-refractivity contribution in [3.05, 3.63) is 60.1 Å². The van der Waals surface area contributed by atoms with Crippen LogP contribution in [0.5, 0.6) is 0 Å². The molecule has 78 valence electrons. The van der Waals surface area contributed by atoms with E-state index >= 15 is 0 Å². The summed E-state index contributed by atoms with van der Waals surface area (Å²) in [4.78, 5) is 0. The third-order valence-corrected chi connectivity index (χ3v) is 3.30. The molecule has 1 unspecified atom stereocenters. The quantitative estimate of drug-likeness (QED) is 0.761. The summed E-state index contributed by atoms with van der Waals surface area (Å²) in [5.41, 5.74) is 2.62. The van der Waals surface area contributed by atoms with E-state index in [2.05, 4.69) is 40.2 Å². The number of alkyl halides is 1. The first kappa shape index (κ1) is 10.5. The van der Waals surface area contributed by atoms with Crippen molar-refractivity contribution in [1.82, 2.24) is 0 Å². The molecule has 1 aromatic carbocycles. The van der Waals surface area contributed by atoms with E-state index in [0.29, 0.717) is 5.92 Å². The molecule has 0 aliphatic carbocycles. The van der Waals surface area contributed by atoms with E-state index in [1.807, 2.05) is 18.4 Å². The van der Waals surface area contributed by atoms with Crippen LogP contribution in [0.25, 0.3) is 0 Å². The molecule has 1 heterocycles. The minimum Gasteiger partial charge on any atom is -0.472 e. The highest BCUT2D eigenvalue weighted by Gasteiger charge is 2.10. The van der Waals surface area contributed by atoms with Crippen LogP contribution in [0.2, 0.25) is 0 Å². The molecule has 1 aromatic heterocycles. The van der Waals surface area contributed by atoms with Crippen molar-refractivity contribution in [2.24, 2.45) is 0 Å². The van der Waals surface area contributed by atoms with Gasteiger partial charge in [-0.1, -0.05) is 46.3 Å². The minimum atomic E-state index is 0.517. The van der Waals surface area contributed by atoms with Gasteiger partial charge < -0.3 is 4.42 Å². The van der Waals surface area contributed by atoms with Gasteiger partial charge in [-0.25, -0.2) is 0 Å². The van der Waals surface area contributed by atoms with Gasteiger partial charge in [-0.3, -0.25) is 0 Å². The molecule has 2 aromatic rings. The van der Waals surface area contributed by atoms with E-state index in [4.69, 9.17) is 4.42 Å². The Hall–Kier alpha value is -1.02. The molecule has 0 spiro atoms. The third kappa shape index (κ3) is 2.72. The van der Waals surface area contributed by atoms with E-state index in [-0.39, 0.29) is 0 Å². The molecule has 1 nitrogen and oxygen atoms in total. The summed E-state index contributed by atoms with van der Waals surface area (Å²) in [7, 11) is 0. The van der Waals surface area contributed by atoms with Gasteiger partial charge in [-0.05, 0) is 29.5 Å². The molecule has 0 saturated heterocycles. The summed E-state index contributed by atoms with van der Waals surface area (Å²) in [5.74, 6) is 0.517. The molecular formula is C13H13BrO. The van der Waals surface area contributed by atoms with E-state index in [1.54, 1.807) is 6.26 Å². The average Bonchev–Trinajstić information content (AvgIpc) is 2.80. The first-order chi connectivity index (χ1) is 7.40. The molecule has 0 fully saturated rings. The molecule has 15 heavy (non-hydrogen) atoms. The maximum Gasteiger partial charge on any atom is 0.0934 e. The molecule has 0 bridgehead atoms. The monoisotopic (exact) mass is 264 g/mol. The first-order valence-corrected chi connectivity index (χ1v) is 6.14. The molecule has 0 N–H and O–H groups in total. The minimum absolute atomic E-state index is 0.517. The first-order valence-electron chi connectivity index (χ1n) is 5.02. The van der Waals surface area contributed by atoms with Crippen LogP contribution in [-0.4, -0.2) is 5.33 Å². The molecule has 0 aliphatic heterocycles. The van der Waals surface area contributed by atoms with Crippen LogP contribution in [0, 0.1) is 0 Å². The van der Waals surface area contributed by atoms with Crippen molar-refractivity contribution in [2.45, 2.75) is 12.3 Å². The Balaban J connectivity index is 2.12. The van der Waals surface area contributed by atoms with Gasteiger partial charge in [0.2, 0.25) is 0 Å². The summed E-state index contributed by atoms with van der Waals surface area (Å²) in [6, 6.07) is 12.6. The van der Waals surface area contributed by atoms with Crippen LogP contribution in [-0.2, 0) is 6.42 Å². The largest absolute Gasteiger partial charge is 0.472 e. The summed E-state index contributed by atoms with van der Waals surface area (Å²) in [6.07, 6.45) is 4.57. The molecule has 0 radical (unpaired) electrons. The topological polar surface area (TPSA) is 13.1 Å². The van der Waals surface area contributed by atoms with Crippen LogP contribution in [0.1, 0.15) is 17.0 Å². The van der Waals surface area contributed by atoms with Gasteiger partial charge in [0.15, 0.2) is 0 Å². The smallest absolute Gasteiger partial charge is 0.0934 e. The van der Waals surface area contributed by atoms with Gasteiger partial charge in [-0.15, -0.1) is 0 Å². The van der Waals surface area contributed by atoms with Crippen molar-refractivity contribution in [3.63, 3.8) is 0 Å². The highest BCUT2D eigenvalue weighted by molar-refractivity contribution is 9.09. The molecule has 1 atom stereocenters. The highest BCUT2D eigenvalue weighted by atomic mass is 79.9. The lowest BCUT2D eigenvalue weighted by Gasteiger charge is -2.12. The zero-order chi connectivity index (χ0) is 10.5. The second-order valence-corrected chi connectivity index (χ2v) is 4.25. The van der Waals surface area contributed by atoms with Gasteiger partial charge in [0.1, 0.15) is 0 Å². The lowest BCUT2D eigenvalue weighted by molar-refractivity contribution is 0.562. The summed E-state index contributed by atoms with van der Waals surface area (Å²) >= 11 is 3.57. The van der Waals surface area contributed by atoms with E-state index < -0.39 is 0 Å². The Bertz CT molecular complexity index is 380. The number of hydrogen-bond donors (Lipinski definition) is 0. The van der Waals surface area contributed by atoms with Crippen molar-refractivity contribution in [3.8, 4) is 0 Å². The molecule has 0 aliphatic rings. The Morgan fingerprint density at radius 3 is 2.53 bits per heavy atom. The lowest BCUT2D eigenvalue weighted by Crippen LogP contribution is -2.03. The Labute approximate surface area is 98.2 Å². The highest BCUT2D eigenvalue weighted by Crippen LogP contribution is 2.22. The Kier molecular flexibility index (Phi) is 3.62. The normalized spacial score (nSPS) is 12.6. The zero-order valence-corrected chi connectivity index (χ0v) is 9.98. The maximum absolute atomic E-state index is 5.08. The van der Waals surface area contributed by atoms with Crippen LogP contribution in [0.4, 0.5) is 0 Å². The van der Waals surface area contributed by atoms with Gasteiger partial charge in [-0.2, -0.15) is 0 Å². The number of furan rings is 1. The Morgan fingerprint density at radius 2 is 1.93 bits per heavy atom. The predicted octanol–water partition coefficient (Wildman–Crippen LogP) is 4.00. The molecular weight excluding hydrogens is 252 g/mol. The van der Waals surface area contributed by atoms with Crippen molar-refractivity contribution >= 4 is 15.9 Å². The van der Waals surface area contributed by atoms with Crippen LogP contribution in [0.15, 0.2) is 53.3 Å². The van der Waals surface area contributed by atoms with Crippen LogP contribution >= 0.6 is 15.9 Å². The predicted molar refractivity (Wildman–Crippen MR) is 65.4 cm³/mol. The van der Waals surface area contributed by atoms with Crippen molar-refractivity contribution in [2.75, 3.05) is 5.33 Å². The van der Waals surface area contributed by atoms with Crippen LogP contribution in [0.3, 0.4) is 0 Å². The molecule has 2 heteroatoms. The van der Waals surface area contributed by atoms with E-state index in [9.17, 15) is 0 Å². The fourth-order valence-corrected chi connectivity index (χ4v) is 2.28. The fraction of sp³-hybridized carbons (Fsp3) is 0.231. The summed E-state index contributed by atoms with van der Waals surface area (Å²) < 4.78 is 5.08. The summed E-state index contributed by atoms with van der Waals surface area (Å²) in [6.45, 7) is 0. The second-order valence-electron chi connectivity index (χ2n) is 3.60. The summed E-state index contributed by atoms with van der Waals surface area (Å²) in [5, 5.41) is 0.974. The van der Waals surface area contributed by atoms with Gasteiger partial charge in [0.05, 0.1) is 12.5 Å². The van der Waals surface area contributed by atoms with E-state index in [0.717, 1.165) is 11.8 Å². The molecule has 2 rings (SSSR count). The lowest BCUT2D eigenvalue weighted by atomic mass is 9.95. The fourth-order valence-electron chi connectivity index (χ4n) is 1.68. The second kappa shape index (κ2) is 5.17. The number of rotatable bonds is 4.